The van der Waals surface area contributed by atoms with E-state index >= 15 is 0 Å². The van der Waals surface area contributed by atoms with Gasteiger partial charge in [-0.25, -0.2) is 0 Å². The van der Waals surface area contributed by atoms with E-state index in [1.807, 2.05) is 0 Å². The highest BCUT2D eigenvalue weighted by molar-refractivity contribution is 5.73. The fourth-order valence-electron chi connectivity index (χ4n) is 0.982. The monoisotopic (exact) mass is 264 g/mol. The Morgan fingerprint density at radius 3 is 1.61 bits per heavy atom. The van der Waals surface area contributed by atoms with E-state index in [0.717, 1.165) is 0 Å². The first-order valence-corrected chi connectivity index (χ1v) is 3.80. The second-order valence-electron chi connectivity index (χ2n) is 2.70. The van der Waals surface area contributed by atoms with Gasteiger partial charge in [0, 0.05) is 0 Å². The van der Waals surface area contributed by atoms with Crippen LogP contribution < -0.4 is 10.9 Å². The van der Waals surface area contributed by atoms with Gasteiger partial charge >= 0.3 is 17.9 Å². The van der Waals surface area contributed by atoms with Crippen LogP contribution in [0, 0.1) is 46.6 Å². The molecule has 97 valence electrons. The molecule has 0 aromatic heterocycles. The molecule has 1 aliphatic rings. The van der Waals surface area contributed by atoms with Crippen molar-refractivity contribution in [1.82, 2.24) is 10.9 Å². The Morgan fingerprint density at radius 1 is 0.889 bits per heavy atom. The van der Waals surface area contributed by atoms with E-state index in [1.165, 1.54) is 0 Å². The summed E-state index contributed by atoms with van der Waals surface area (Å²) >= 11 is 0. The number of aliphatic imine (C=N–C) groups is 1. The summed E-state index contributed by atoms with van der Waals surface area (Å²) in [5.74, 6) is -5.18. The van der Waals surface area contributed by atoms with Crippen LogP contribution in [-0.4, -0.2) is 31.4 Å². The van der Waals surface area contributed by atoms with Crippen LogP contribution in [-0.2, 0) is 0 Å². The molecule has 15 heteroatoms. The first-order chi connectivity index (χ1) is 8.24. The summed E-state index contributed by atoms with van der Waals surface area (Å²) in [4.78, 5) is 38.1. The molecular formula is C3H2N7O8. The summed E-state index contributed by atoms with van der Waals surface area (Å²) in [7, 11) is 0. The summed E-state index contributed by atoms with van der Waals surface area (Å²) in [6, 6.07) is 0. The zero-order chi connectivity index (χ0) is 14.1. The molecular weight excluding hydrogens is 262 g/mol. The molecule has 0 aliphatic carbocycles. The van der Waals surface area contributed by atoms with Crippen molar-refractivity contribution in [2.24, 2.45) is 4.99 Å². The molecule has 0 saturated carbocycles. The highest BCUT2D eigenvalue weighted by Gasteiger charge is 2.83. The summed E-state index contributed by atoms with van der Waals surface area (Å²) < 4.78 is 0. The minimum Gasteiger partial charge on any atom is -0.390 e. The Balaban J connectivity index is 3.30. The molecule has 1 aliphatic heterocycles. The van der Waals surface area contributed by atoms with E-state index in [0.29, 0.717) is 0 Å². The van der Waals surface area contributed by atoms with Crippen molar-refractivity contribution < 1.29 is 19.7 Å². The Kier molecular flexibility index (Phi) is 3.00. The number of rotatable bonds is 4. The van der Waals surface area contributed by atoms with Gasteiger partial charge in [0.15, 0.2) is 14.8 Å². The number of nitrogens with zero attached hydrogens (tertiary/aromatic N) is 5. The van der Waals surface area contributed by atoms with Crippen LogP contribution in [0.3, 0.4) is 0 Å². The summed E-state index contributed by atoms with van der Waals surface area (Å²) in [5.41, 5.74) is 3.20. The SMILES string of the molecule is O=[N+]([O-])C1=N[C](C([N+](=O)[O-])([N+](=O)[O-])[N+](=O)[O-])NN1. The van der Waals surface area contributed by atoms with Crippen molar-refractivity contribution in [1.29, 1.82) is 0 Å². The zero-order valence-corrected chi connectivity index (χ0v) is 8.00. The van der Waals surface area contributed by atoms with E-state index < -0.39 is 37.6 Å². The second kappa shape index (κ2) is 4.13. The van der Waals surface area contributed by atoms with E-state index in [2.05, 4.69) is 4.99 Å². The first-order valence-electron chi connectivity index (χ1n) is 3.80. The van der Waals surface area contributed by atoms with Crippen molar-refractivity contribution in [2.75, 3.05) is 0 Å². The summed E-state index contributed by atoms with van der Waals surface area (Å²) in [6.07, 6.45) is -1.42. The van der Waals surface area contributed by atoms with Gasteiger partial charge in [-0.1, -0.05) is 4.99 Å². The van der Waals surface area contributed by atoms with E-state index in [9.17, 15) is 40.5 Å². The third-order valence-electron chi connectivity index (χ3n) is 1.76. The van der Waals surface area contributed by atoms with Crippen molar-refractivity contribution in [2.45, 2.75) is 5.79 Å². The van der Waals surface area contributed by atoms with Gasteiger partial charge in [0.1, 0.15) is 0 Å². The molecule has 0 unspecified atom stereocenters. The predicted octanol–water partition coefficient (Wildman–Crippen LogP) is -2.30. The lowest BCUT2D eigenvalue weighted by Gasteiger charge is -2.07. The minimum absolute atomic E-state index is 1.14. The molecule has 0 aromatic rings. The van der Waals surface area contributed by atoms with Crippen LogP contribution in [0.5, 0.6) is 0 Å². The van der Waals surface area contributed by atoms with E-state index in [-0.39, 0.29) is 0 Å². The van der Waals surface area contributed by atoms with Gasteiger partial charge in [0.05, 0.1) is 0 Å². The third-order valence-corrected chi connectivity index (χ3v) is 1.76. The second-order valence-corrected chi connectivity index (χ2v) is 2.70. The fraction of sp³-hybridized carbons (Fsp3) is 0.333. The Morgan fingerprint density at radius 2 is 1.33 bits per heavy atom. The number of hydrazine groups is 1. The van der Waals surface area contributed by atoms with Gasteiger partial charge in [-0.05, 0) is 4.92 Å². The van der Waals surface area contributed by atoms with Crippen LogP contribution in [0.2, 0.25) is 0 Å². The molecule has 0 atom stereocenters. The molecule has 18 heavy (non-hydrogen) atoms. The average Bonchev–Trinajstić information content (AvgIpc) is 2.66. The van der Waals surface area contributed by atoms with Crippen molar-refractivity contribution in [3.63, 3.8) is 0 Å². The van der Waals surface area contributed by atoms with Gasteiger partial charge in [-0.3, -0.25) is 30.3 Å². The lowest BCUT2D eigenvalue weighted by molar-refractivity contribution is -0.963. The van der Waals surface area contributed by atoms with Crippen LogP contribution in [0.15, 0.2) is 4.99 Å². The number of guanidine groups is 1. The van der Waals surface area contributed by atoms with Crippen LogP contribution in [0.25, 0.3) is 0 Å². The van der Waals surface area contributed by atoms with Crippen molar-refractivity contribution in [3.05, 3.63) is 46.6 Å². The van der Waals surface area contributed by atoms with E-state index in [4.69, 9.17) is 0 Å². The molecule has 0 saturated heterocycles. The highest BCUT2D eigenvalue weighted by atomic mass is 16.7. The lowest BCUT2D eigenvalue weighted by Crippen LogP contribution is -2.60. The summed E-state index contributed by atoms with van der Waals surface area (Å²) in [6.45, 7) is 0. The number of nitrogens with one attached hydrogen (secondary N) is 2. The standard InChI is InChI=1S/C3H2N7O8/c11-7(12)2-4-1(5-6-2)3(8(13)14,9(15)16)10(17)18/h5H,(H,4,6). The average molecular weight is 264 g/mol. The maximum absolute atomic E-state index is 10.6. The zero-order valence-electron chi connectivity index (χ0n) is 8.00. The third kappa shape index (κ3) is 1.63. The molecule has 1 rings (SSSR count). The van der Waals surface area contributed by atoms with Gasteiger partial charge < -0.3 is 10.1 Å². The molecule has 2 N–H and O–H groups in total. The maximum Gasteiger partial charge on any atom is 0.763 e. The largest absolute Gasteiger partial charge is 0.763 e. The molecule has 0 spiro atoms. The molecule has 15 nitrogen and oxygen atoms in total. The van der Waals surface area contributed by atoms with Crippen molar-refractivity contribution >= 4 is 5.96 Å². The Hall–Kier alpha value is -2.97. The van der Waals surface area contributed by atoms with Crippen LogP contribution >= 0.6 is 0 Å². The fourth-order valence-corrected chi connectivity index (χ4v) is 0.982. The van der Waals surface area contributed by atoms with Gasteiger partial charge in [-0.15, -0.1) is 5.43 Å². The number of hydrogen-bond acceptors (Lipinski definition) is 11. The molecule has 0 amide bonds. The predicted molar refractivity (Wildman–Crippen MR) is 47.7 cm³/mol. The summed E-state index contributed by atoms with van der Waals surface area (Å²) in [5, 5.41) is 41.9. The van der Waals surface area contributed by atoms with Gasteiger partial charge in [-0.2, -0.15) is 5.43 Å². The molecule has 0 bridgehead atoms. The molecule has 1 radical (unpaired) electrons. The minimum atomic E-state index is -4.04. The van der Waals surface area contributed by atoms with Crippen molar-refractivity contribution in [3.8, 4) is 0 Å². The topological polar surface area (TPSA) is 209 Å². The highest BCUT2D eigenvalue weighted by Crippen LogP contribution is 2.25. The number of hydrogen-bond donors (Lipinski definition) is 2. The molecule has 1 heterocycles. The number of nitro groups is 4. The molecule has 0 aromatic carbocycles. The molecule has 0 fully saturated rings. The quantitative estimate of drug-likeness (QED) is 0.314. The smallest absolute Gasteiger partial charge is 0.390 e. The Labute approximate surface area is 95.0 Å². The van der Waals surface area contributed by atoms with Gasteiger partial charge in [0.25, 0.3) is 0 Å². The normalized spacial score (nSPS) is 15.7. The first kappa shape index (κ1) is 13.1. The van der Waals surface area contributed by atoms with Crippen LogP contribution in [0.4, 0.5) is 0 Å². The van der Waals surface area contributed by atoms with Crippen LogP contribution in [0.1, 0.15) is 0 Å². The van der Waals surface area contributed by atoms with Gasteiger partial charge in [0.2, 0.25) is 0 Å². The lowest BCUT2D eigenvalue weighted by atomic mass is 10.3. The Bertz CT molecular complexity index is 433. The maximum atomic E-state index is 10.6. The van der Waals surface area contributed by atoms with E-state index in [1.54, 1.807) is 10.9 Å².